The summed E-state index contributed by atoms with van der Waals surface area (Å²) in [6.07, 6.45) is 0. The Bertz CT molecular complexity index is 1100. The van der Waals surface area contributed by atoms with Gasteiger partial charge < -0.3 is 4.42 Å². The quantitative estimate of drug-likeness (QED) is 0.376. The maximum atomic E-state index is 6.38. The third kappa shape index (κ3) is 1.47. The van der Waals surface area contributed by atoms with Gasteiger partial charge in [-0.05, 0) is 29.2 Å². The predicted molar refractivity (Wildman–Crippen MR) is 96.0 cm³/mol. The molecule has 0 atom stereocenters. The molecule has 0 N–H and O–H groups in total. The standard InChI is InChI=1S/C22H18O/c1-13-7-6-9-14-15-11-12-18-19(21(15)23-20(13)14)16-8-4-5-10-17(16)22(18,2)3/h4-12H,1-3H3. The van der Waals surface area contributed by atoms with Crippen LogP contribution in [0.25, 0.3) is 33.1 Å². The number of aryl methyl sites for hydroxylation is 1. The Morgan fingerprint density at radius 2 is 1.52 bits per heavy atom. The van der Waals surface area contributed by atoms with Crippen molar-refractivity contribution < 1.29 is 4.42 Å². The van der Waals surface area contributed by atoms with Crippen molar-refractivity contribution in [1.29, 1.82) is 0 Å². The highest BCUT2D eigenvalue weighted by Gasteiger charge is 2.37. The van der Waals surface area contributed by atoms with Crippen LogP contribution < -0.4 is 0 Å². The van der Waals surface area contributed by atoms with Crippen LogP contribution in [0, 0.1) is 6.92 Å². The van der Waals surface area contributed by atoms with Gasteiger partial charge in [-0.1, -0.05) is 68.4 Å². The number of furan rings is 1. The molecule has 0 saturated heterocycles. The predicted octanol–water partition coefficient (Wildman–Crippen LogP) is 6.20. The van der Waals surface area contributed by atoms with Gasteiger partial charge in [0.25, 0.3) is 0 Å². The SMILES string of the molecule is Cc1cccc2c1oc1c3c(ccc12)C(C)(C)c1ccccc1-3. The molecule has 5 rings (SSSR count). The Labute approximate surface area is 135 Å². The molecule has 0 fully saturated rings. The highest BCUT2D eigenvalue weighted by atomic mass is 16.3. The van der Waals surface area contributed by atoms with Crippen molar-refractivity contribution in [3.63, 3.8) is 0 Å². The van der Waals surface area contributed by atoms with Crippen LogP contribution in [0.1, 0.15) is 30.5 Å². The Balaban J connectivity index is 2.02. The maximum absolute atomic E-state index is 6.38. The van der Waals surface area contributed by atoms with E-state index in [0.29, 0.717) is 0 Å². The van der Waals surface area contributed by atoms with Gasteiger partial charge in [0.1, 0.15) is 11.2 Å². The number of rotatable bonds is 0. The molecule has 0 amide bonds. The summed E-state index contributed by atoms with van der Waals surface area (Å²) in [7, 11) is 0. The Morgan fingerprint density at radius 1 is 0.739 bits per heavy atom. The molecule has 0 unspecified atom stereocenters. The molecule has 112 valence electrons. The van der Waals surface area contributed by atoms with Crippen molar-refractivity contribution >= 4 is 21.9 Å². The Hall–Kier alpha value is -2.54. The van der Waals surface area contributed by atoms with Gasteiger partial charge in [0, 0.05) is 21.8 Å². The summed E-state index contributed by atoms with van der Waals surface area (Å²) in [6.45, 7) is 6.72. The third-order valence-electron chi connectivity index (χ3n) is 5.41. The second-order valence-corrected chi connectivity index (χ2v) is 7.09. The Morgan fingerprint density at radius 3 is 2.39 bits per heavy atom. The number of fused-ring (bicyclic) bond motifs is 7. The van der Waals surface area contributed by atoms with Crippen molar-refractivity contribution in [2.24, 2.45) is 0 Å². The lowest BCUT2D eigenvalue weighted by Crippen LogP contribution is -2.14. The van der Waals surface area contributed by atoms with E-state index in [4.69, 9.17) is 4.42 Å². The molecule has 1 aliphatic rings. The molecule has 1 aromatic heterocycles. The van der Waals surface area contributed by atoms with Gasteiger partial charge >= 0.3 is 0 Å². The van der Waals surface area contributed by atoms with Crippen LogP contribution in [-0.2, 0) is 5.41 Å². The molecule has 1 nitrogen and oxygen atoms in total. The first-order valence-electron chi connectivity index (χ1n) is 8.14. The fourth-order valence-electron chi connectivity index (χ4n) is 4.18. The Kier molecular flexibility index (Phi) is 2.28. The van der Waals surface area contributed by atoms with Crippen molar-refractivity contribution in [1.82, 2.24) is 0 Å². The molecular formula is C22H18O. The fourth-order valence-corrected chi connectivity index (χ4v) is 4.18. The third-order valence-corrected chi connectivity index (χ3v) is 5.41. The fraction of sp³-hybridized carbons (Fsp3) is 0.182. The summed E-state index contributed by atoms with van der Waals surface area (Å²) in [5.74, 6) is 0. The summed E-state index contributed by atoms with van der Waals surface area (Å²) >= 11 is 0. The second-order valence-electron chi connectivity index (χ2n) is 7.09. The summed E-state index contributed by atoms with van der Waals surface area (Å²) in [5, 5.41) is 2.43. The molecule has 3 aromatic carbocycles. The normalized spacial score (nSPS) is 15.1. The highest BCUT2D eigenvalue weighted by Crippen LogP contribution is 2.52. The van der Waals surface area contributed by atoms with Crippen LogP contribution in [0.4, 0.5) is 0 Å². The summed E-state index contributed by atoms with van der Waals surface area (Å²) in [6, 6.07) is 19.6. The van der Waals surface area contributed by atoms with Crippen LogP contribution in [0.5, 0.6) is 0 Å². The van der Waals surface area contributed by atoms with Gasteiger partial charge in [-0.25, -0.2) is 0 Å². The van der Waals surface area contributed by atoms with E-state index < -0.39 is 0 Å². The van der Waals surface area contributed by atoms with E-state index in [2.05, 4.69) is 75.4 Å². The lowest BCUT2D eigenvalue weighted by Gasteiger charge is -2.21. The number of hydrogen-bond donors (Lipinski definition) is 0. The van der Waals surface area contributed by atoms with Crippen molar-refractivity contribution in [3.8, 4) is 11.1 Å². The summed E-state index contributed by atoms with van der Waals surface area (Å²) in [5.41, 5.74) is 8.60. The van der Waals surface area contributed by atoms with Gasteiger partial charge in [-0.15, -0.1) is 0 Å². The van der Waals surface area contributed by atoms with Crippen molar-refractivity contribution in [2.45, 2.75) is 26.2 Å². The summed E-state index contributed by atoms with van der Waals surface area (Å²) in [4.78, 5) is 0. The first-order valence-corrected chi connectivity index (χ1v) is 8.14. The van der Waals surface area contributed by atoms with Crippen LogP contribution in [0.3, 0.4) is 0 Å². The molecule has 1 aliphatic carbocycles. The van der Waals surface area contributed by atoms with Crippen LogP contribution in [0.15, 0.2) is 59.0 Å². The molecule has 23 heavy (non-hydrogen) atoms. The van der Waals surface area contributed by atoms with E-state index >= 15 is 0 Å². The highest BCUT2D eigenvalue weighted by molar-refractivity contribution is 6.12. The van der Waals surface area contributed by atoms with Gasteiger partial charge in [0.05, 0.1) is 0 Å². The average Bonchev–Trinajstić information content (AvgIpc) is 3.04. The second kappa shape index (κ2) is 4.05. The maximum Gasteiger partial charge on any atom is 0.143 e. The molecule has 0 radical (unpaired) electrons. The minimum Gasteiger partial charge on any atom is -0.455 e. The van der Waals surface area contributed by atoms with Crippen molar-refractivity contribution in [3.05, 3.63) is 71.3 Å². The molecule has 4 aromatic rings. The molecule has 1 heteroatoms. The van der Waals surface area contributed by atoms with Gasteiger partial charge in [0.15, 0.2) is 0 Å². The lowest BCUT2D eigenvalue weighted by atomic mass is 9.82. The molecule has 0 spiro atoms. The minimum atomic E-state index is 0.0220. The smallest absolute Gasteiger partial charge is 0.143 e. The number of hydrogen-bond acceptors (Lipinski definition) is 1. The number of benzene rings is 3. The van der Waals surface area contributed by atoms with Crippen LogP contribution >= 0.6 is 0 Å². The number of para-hydroxylation sites is 1. The first-order chi connectivity index (χ1) is 11.1. The van der Waals surface area contributed by atoms with Crippen LogP contribution in [-0.4, -0.2) is 0 Å². The van der Waals surface area contributed by atoms with E-state index in [9.17, 15) is 0 Å². The van der Waals surface area contributed by atoms with E-state index in [1.165, 1.54) is 38.6 Å². The van der Waals surface area contributed by atoms with Gasteiger partial charge in [0.2, 0.25) is 0 Å². The zero-order valence-electron chi connectivity index (χ0n) is 13.6. The average molecular weight is 298 g/mol. The van der Waals surface area contributed by atoms with Crippen LogP contribution in [0.2, 0.25) is 0 Å². The topological polar surface area (TPSA) is 13.1 Å². The lowest BCUT2D eigenvalue weighted by molar-refractivity contribution is 0.652. The molecule has 1 heterocycles. The largest absolute Gasteiger partial charge is 0.455 e. The molecule has 0 aliphatic heterocycles. The monoisotopic (exact) mass is 298 g/mol. The van der Waals surface area contributed by atoms with Gasteiger partial charge in [-0.3, -0.25) is 0 Å². The molecule has 0 bridgehead atoms. The zero-order chi connectivity index (χ0) is 15.8. The zero-order valence-corrected chi connectivity index (χ0v) is 13.6. The van der Waals surface area contributed by atoms with Gasteiger partial charge in [-0.2, -0.15) is 0 Å². The van der Waals surface area contributed by atoms with E-state index in [1.807, 2.05) is 0 Å². The summed E-state index contributed by atoms with van der Waals surface area (Å²) < 4.78 is 6.38. The minimum absolute atomic E-state index is 0.0220. The molecular weight excluding hydrogens is 280 g/mol. The molecule has 0 saturated carbocycles. The van der Waals surface area contributed by atoms with E-state index in [1.54, 1.807) is 0 Å². The van der Waals surface area contributed by atoms with E-state index in [-0.39, 0.29) is 5.41 Å². The first kappa shape index (κ1) is 13.0. The van der Waals surface area contributed by atoms with Crippen molar-refractivity contribution in [2.75, 3.05) is 0 Å². The van der Waals surface area contributed by atoms with E-state index in [0.717, 1.165) is 11.2 Å².